The molecule has 3 aliphatic rings. The van der Waals surface area contributed by atoms with E-state index in [2.05, 4.69) is 22.5 Å². The second kappa shape index (κ2) is 7.02. The van der Waals surface area contributed by atoms with Gasteiger partial charge < -0.3 is 15.0 Å². The molecule has 1 N–H and O–H groups in total. The highest BCUT2D eigenvalue weighted by Crippen LogP contribution is 2.37. The van der Waals surface area contributed by atoms with E-state index in [0.29, 0.717) is 19.2 Å². The largest absolute Gasteiger partial charge is 0.493 e. The molecule has 6 heteroatoms. The van der Waals surface area contributed by atoms with E-state index in [1.165, 1.54) is 5.57 Å². The summed E-state index contributed by atoms with van der Waals surface area (Å²) in [5, 5.41) is 3.14. The number of rotatable bonds is 4. The van der Waals surface area contributed by atoms with Crippen molar-refractivity contribution in [3.05, 3.63) is 29.8 Å². The van der Waals surface area contributed by atoms with Gasteiger partial charge in [-0.15, -0.1) is 0 Å². The van der Waals surface area contributed by atoms with Gasteiger partial charge in [0, 0.05) is 43.9 Å². The molecule has 4 rings (SSSR count). The summed E-state index contributed by atoms with van der Waals surface area (Å²) >= 11 is 0. The third-order valence-electron chi connectivity index (χ3n) is 5.27. The Morgan fingerprint density at radius 3 is 2.96 bits per heavy atom. The molecule has 0 spiro atoms. The van der Waals surface area contributed by atoms with Crippen LogP contribution in [0.15, 0.2) is 29.3 Å². The van der Waals surface area contributed by atoms with Gasteiger partial charge in [-0.25, -0.2) is 4.79 Å². The summed E-state index contributed by atoms with van der Waals surface area (Å²) < 4.78 is 5.83. The first-order valence-electron chi connectivity index (χ1n) is 9.44. The lowest BCUT2D eigenvalue weighted by atomic mass is 9.97. The highest BCUT2D eigenvalue weighted by molar-refractivity contribution is 5.93. The van der Waals surface area contributed by atoms with Crippen molar-refractivity contribution in [3.8, 4) is 5.75 Å². The lowest BCUT2D eigenvalue weighted by Crippen LogP contribution is -2.42. The lowest BCUT2D eigenvalue weighted by Gasteiger charge is -2.29. The lowest BCUT2D eigenvalue weighted by molar-refractivity contribution is 0.213. The van der Waals surface area contributed by atoms with Crippen LogP contribution in [0.25, 0.3) is 5.57 Å². The Balaban J connectivity index is 1.63. The van der Waals surface area contributed by atoms with E-state index in [4.69, 9.17) is 4.74 Å². The van der Waals surface area contributed by atoms with E-state index in [9.17, 15) is 4.79 Å². The number of amides is 2. The zero-order valence-electron chi connectivity index (χ0n) is 15.4. The fourth-order valence-corrected chi connectivity index (χ4v) is 3.59. The molecule has 1 atom stereocenters. The zero-order chi connectivity index (χ0) is 18.1. The van der Waals surface area contributed by atoms with Crippen molar-refractivity contribution in [2.45, 2.75) is 38.3 Å². The van der Waals surface area contributed by atoms with E-state index in [0.717, 1.165) is 42.8 Å². The van der Waals surface area contributed by atoms with Crippen molar-refractivity contribution in [3.63, 3.8) is 0 Å². The smallest absolute Gasteiger partial charge is 0.324 e. The first-order chi connectivity index (χ1) is 12.7. The first kappa shape index (κ1) is 16.9. The predicted molar refractivity (Wildman–Crippen MR) is 104 cm³/mol. The van der Waals surface area contributed by atoms with E-state index in [1.54, 1.807) is 6.34 Å². The van der Waals surface area contributed by atoms with E-state index >= 15 is 0 Å². The van der Waals surface area contributed by atoms with Gasteiger partial charge in [-0.2, -0.15) is 0 Å². The molecule has 2 aliphatic heterocycles. The number of benzene rings is 1. The normalized spacial score (nSPS) is 22.5. The van der Waals surface area contributed by atoms with Crippen LogP contribution < -0.4 is 15.0 Å². The molecule has 1 aliphatic carbocycles. The highest BCUT2D eigenvalue weighted by atomic mass is 16.5. The Labute approximate surface area is 154 Å². The molecular formula is C20H26N4O2. The SMILES string of the molecule is CCN(C(=O)N(C)C1CC1)c1ccc2c(c1)/C(=C/C1CNC=N1)CCO2. The Hall–Kier alpha value is -2.50. The van der Waals surface area contributed by atoms with Gasteiger partial charge in [-0.05, 0) is 43.5 Å². The van der Waals surface area contributed by atoms with Crippen LogP contribution in [0.4, 0.5) is 10.5 Å². The molecule has 1 unspecified atom stereocenters. The molecule has 2 heterocycles. The number of aliphatic imine (C=N–C) groups is 1. The average Bonchev–Trinajstić information content (AvgIpc) is 3.39. The standard InChI is InChI=1S/C20H26N4O2/c1-3-24(20(25)23(2)16-4-5-16)17-6-7-19-18(11-17)14(8-9-26-19)10-15-12-21-13-22-15/h6-7,10-11,13,15-16H,3-5,8-9,12H2,1-2H3,(H,21,22)/b14-10+. The second-order valence-electron chi connectivity index (χ2n) is 7.09. The molecule has 2 amide bonds. The van der Waals surface area contributed by atoms with Crippen molar-refractivity contribution < 1.29 is 9.53 Å². The van der Waals surface area contributed by atoms with Crippen LogP contribution in [0.1, 0.15) is 31.7 Å². The van der Waals surface area contributed by atoms with Crippen molar-refractivity contribution >= 4 is 23.6 Å². The molecule has 0 aromatic heterocycles. The number of ether oxygens (including phenoxy) is 1. The molecule has 0 radical (unpaired) electrons. The molecule has 0 saturated heterocycles. The Morgan fingerprint density at radius 1 is 1.42 bits per heavy atom. The van der Waals surface area contributed by atoms with Crippen LogP contribution in [0.3, 0.4) is 0 Å². The first-order valence-corrected chi connectivity index (χ1v) is 9.44. The highest BCUT2D eigenvalue weighted by Gasteiger charge is 2.32. The summed E-state index contributed by atoms with van der Waals surface area (Å²) in [6.07, 6.45) is 7.07. The summed E-state index contributed by atoms with van der Waals surface area (Å²) in [5.41, 5.74) is 3.25. The third kappa shape index (κ3) is 3.28. The maximum Gasteiger partial charge on any atom is 0.324 e. The number of fused-ring (bicyclic) bond motifs is 1. The van der Waals surface area contributed by atoms with Crippen LogP contribution in [-0.4, -0.2) is 56.1 Å². The number of carbonyl (C=O) groups excluding carboxylic acids is 1. The van der Waals surface area contributed by atoms with Gasteiger partial charge in [-0.1, -0.05) is 6.08 Å². The Kier molecular flexibility index (Phi) is 4.57. The number of hydrogen-bond donors (Lipinski definition) is 1. The van der Waals surface area contributed by atoms with E-state index < -0.39 is 0 Å². The van der Waals surface area contributed by atoms with Crippen LogP contribution in [-0.2, 0) is 0 Å². The summed E-state index contributed by atoms with van der Waals surface area (Å²) in [6, 6.07) is 6.71. The number of nitrogens with zero attached hydrogens (tertiary/aromatic N) is 3. The van der Waals surface area contributed by atoms with Gasteiger partial charge in [0.05, 0.1) is 19.0 Å². The van der Waals surface area contributed by atoms with Gasteiger partial charge in [0.25, 0.3) is 0 Å². The fraction of sp³-hybridized carbons (Fsp3) is 0.500. The molecule has 138 valence electrons. The van der Waals surface area contributed by atoms with Gasteiger partial charge in [0.1, 0.15) is 5.75 Å². The summed E-state index contributed by atoms with van der Waals surface area (Å²) in [6.45, 7) is 4.18. The molecule has 1 aromatic rings. The fourth-order valence-electron chi connectivity index (χ4n) is 3.59. The summed E-state index contributed by atoms with van der Waals surface area (Å²) in [5.74, 6) is 0.889. The van der Waals surface area contributed by atoms with Gasteiger partial charge in [0.15, 0.2) is 0 Å². The van der Waals surface area contributed by atoms with Gasteiger partial charge in [0.2, 0.25) is 0 Å². The summed E-state index contributed by atoms with van der Waals surface area (Å²) in [4.78, 5) is 21.0. The van der Waals surface area contributed by atoms with Crippen molar-refractivity contribution in [2.75, 3.05) is 31.6 Å². The van der Waals surface area contributed by atoms with Crippen LogP contribution in [0.5, 0.6) is 5.75 Å². The minimum atomic E-state index is 0.0711. The molecule has 1 saturated carbocycles. The van der Waals surface area contributed by atoms with Gasteiger partial charge in [-0.3, -0.25) is 9.89 Å². The molecule has 6 nitrogen and oxygen atoms in total. The van der Waals surface area contributed by atoms with Crippen molar-refractivity contribution in [2.24, 2.45) is 4.99 Å². The number of hydrogen-bond acceptors (Lipinski definition) is 4. The van der Waals surface area contributed by atoms with E-state index in [-0.39, 0.29) is 12.1 Å². The molecule has 0 bridgehead atoms. The second-order valence-corrected chi connectivity index (χ2v) is 7.09. The zero-order valence-corrected chi connectivity index (χ0v) is 15.4. The van der Waals surface area contributed by atoms with Crippen LogP contribution in [0.2, 0.25) is 0 Å². The minimum absolute atomic E-state index is 0.0711. The molecule has 26 heavy (non-hydrogen) atoms. The average molecular weight is 354 g/mol. The van der Waals surface area contributed by atoms with E-state index in [1.807, 2.05) is 35.9 Å². The summed E-state index contributed by atoms with van der Waals surface area (Å²) in [7, 11) is 1.90. The molecule has 1 aromatic carbocycles. The quantitative estimate of drug-likeness (QED) is 0.904. The van der Waals surface area contributed by atoms with Crippen LogP contribution in [0, 0.1) is 0 Å². The number of anilines is 1. The topological polar surface area (TPSA) is 57.2 Å². The van der Waals surface area contributed by atoms with Gasteiger partial charge >= 0.3 is 6.03 Å². The van der Waals surface area contributed by atoms with Crippen LogP contribution >= 0.6 is 0 Å². The maximum atomic E-state index is 12.9. The molecule has 1 fully saturated rings. The Morgan fingerprint density at radius 2 is 2.27 bits per heavy atom. The van der Waals surface area contributed by atoms with Crippen molar-refractivity contribution in [1.29, 1.82) is 0 Å². The monoisotopic (exact) mass is 354 g/mol. The van der Waals surface area contributed by atoms with Crippen molar-refractivity contribution in [1.82, 2.24) is 10.2 Å². The predicted octanol–water partition coefficient (Wildman–Crippen LogP) is 2.89. The minimum Gasteiger partial charge on any atom is -0.493 e. The molecular weight excluding hydrogens is 328 g/mol. The number of carbonyl (C=O) groups is 1. The number of urea groups is 1. The third-order valence-corrected chi connectivity index (χ3v) is 5.27. The Bertz CT molecular complexity index is 754. The number of nitrogens with one attached hydrogen (secondary N) is 1. The maximum absolute atomic E-state index is 12.9.